The number of carbonyl (C=O) groups is 2. The smallest absolute Gasteiger partial charge is 0.326 e. The van der Waals surface area contributed by atoms with Crippen LogP contribution in [0.2, 0.25) is 0 Å². The van der Waals surface area contributed by atoms with Gasteiger partial charge in [0.25, 0.3) is 5.91 Å². The minimum Gasteiger partial charge on any atom is -0.489 e. The van der Waals surface area contributed by atoms with E-state index in [0.717, 1.165) is 5.56 Å². The van der Waals surface area contributed by atoms with Gasteiger partial charge in [0.1, 0.15) is 41.4 Å². The van der Waals surface area contributed by atoms with Gasteiger partial charge in [-0.15, -0.1) is 0 Å². The van der Waals surface area contributed by atoms with E-state index in [1.165, 1.54) is 0 Å². The molecule has 0 aliphatic rings. The number of carboxylic acids is 1. The number of aliphatic carboxylic acids is 1. The molecule has 3 rings (SSSR count). The minimum absolute atomic E-state index is 0.159. The number of benzene rings is 3. The fraction of sp³-hybridized carbons (Fsp3) is 0.130. The SMILES string of the molecule is O=C(N[C@H](Cc1cccc(OCc2ccccc2)c1)C(=O)O)c1c(F)cc(F)cc1F. The molecule has 0 heterocycles. The molecule has 5 nitrogen and oxygen atoms in total. The number of carboxylic acid groups (broad SMARTS) is 1. The first-order valence-electron chi connectivity index (χ1n) is 9.27. The molecule has 0 spiro atoms. The Kier molecular flexibility index (Phi) is 6.92. The van der Waals surface area contributed by atoms with Gasteiger partial charge in [-0.3, -0.25) is 4.79 Å². The summed E-state index contributed by atoms with van der Waals surface area (Å²) in [6.45, 7) is 0.312. The number of amides is 1. The van der Waals surface area contributed by atoms with Crippen LogP contribution in [0.4, 0.5) is 13.2 Å². The topological polar surface area (TPSA) is 75.6 Å². The van der Waals surface area contributed by atoms with Crippen LogP contribution in [-0.4, -0.2) is 23.0 Å². The predicted molar refractivity (Wildman–Crippen MR) is 106 cm³/mol. The second-order valence-electron chi connectivity index (χ2n) is 6.73. The Balaban J connectivity index is 1.70. The molecular formula is C23H18F3NO4. The monoisotopic (exact) mass is 429 g/mol. The molecule has 0 fully saturated rings. The molecule has 31 heavy (non-hydrogen) atoms. The zero-order chi connectivity index (χ0) is 22.4. The van der Waals surface area contributed by atoms with Crippen molar-refractivity contribution < 1.29 is 32.6 Å². The van der Waals surface area contributed by atoms with E-state index >= 15 is 0 Å². The summed E-state index contributed by atoms with van der Waals surface area (Å²) in [5.41, 5.74) is 0.429. The van der Waals surface area contributed by atoms with Gasteiger partial charge in [-0.2, -0.15) is 0 Å². The van der Waals surface area contributed by atoms with Crippen LogP contribution in [0.1, 0.15) is 21.5 Å². The highest BCUT2D eigenvalue weighted by atomic mass is 19.1. The van der Waals surface area contributed by atoms with Crippen molar-refractivity contribution in [1.29, 1.82) is 0 Å². The fourth-order valence-electron chi connectivity index (χ4n) is 2.93. The number of halogens is 3. The van der Waals surface area contributed by atoms with Gasteiger partial charge in [0.05, 0.1) is 0 Å². The van der Waals surface area contributed by atoms with E-state index in [9.17, 15) is 27.9 Å². The molecule has 2 N–H and O–H groups in total. The molecule has 0 unspecified atom stereocenters. The Morgan fingerprint density at radius 3 is 2.19 bits per heavy atom. The molecule has 3 aromatic carbocycles. The van der Waals surface area contributed by atoms with Crippen molar-refractivity contribution in [3.63, 3.8) is 0 Å². The maximum absolute atomic E-state index is 13.8. The average molecular weight is 429 g/mol. The van der Waals surface area contributed by atoms with Gasteiger partial charge < -0.3 is 15.2 Å². The van der Waals surface area contributed by atoms with Crippen molar-refractivity contribution in [2.75, 3.05) is 0 Å². The molecule has 0 saturated heterocycles. The maximum Gasteiger partial charge on any atom is 0.326 e. The summed E-state index contributed by atoms with van der Waals surface area (Å²) in [6, 6.07) is 15.3. The van der Waals surface area contributed by atoms with E-state index in [1.54, 1.807) is 24.3 Å². The van der Waals surface area contributed by atoms with Crippen molar-refractivity contribution >= 4 is 11.9 Å². The molecule has 0 aliphatic heterocycles. The summed E-state index contributed by atoms with van der Waals surface area (Å²) in [5.74, 6) is -6.22. The number of hydrogen-bond acceptors (Lipinski definition) is 3. The normalized spacial score (nSPS) is 11.6. The van der Waals surface area contributed by atoms with Crippen LogP contribution >= 0.6 is 0 Å². The first-order valence-corrected chi connectivity index (χ1v) is 9.27. The van der Waals surface area contributed by atoms with Crippen molar-refractivity contribution in [3.05, 3.63) is 101 Å². The van der Waals surface area contributed by atoms with E-state index in [4.69, 9.17) is 4.74 Å². The fourth-order valence-corrected chi connectivity index (χ4v) is 2.93. The van der Waals surface area contributed by atoms with Crippen LogP contribution in [0.5, 0.6) is 5.75 Å². The van der Waals surface area contributed by atoms with E-state index in [1.807, 2.05) is 30.3 Å². The third-order valence-corrected chi connectivity index (χ3v) is 4.42. The molecule has 0 saturated carbocycles. The molecule has 0 aliphatic carbocycles. The van der Waals surface area contributed by atoms with Crippen LogP contribution in [-0.2, 0) is 17.8 Å². The Morgan fingerprint density at radius 2 is 1.55 bits per heavy atom. The Bertz CT molecular complexity index is 1070. The predicted octanol–water partition coefficient (Wildman–Crippen LogP) is 4.11. The van der Waals surface area contributed by atoms with E-state index in [2.05, 4.69) is 5.32 Å². The van der Waals surface area contributed by atoms with E-state index in [0.29, 0.717) is 30.1 Å². The lowest BCUT2D eigenvalue weighted by Crippen LogP contribution is -2.43. The zero-order valence-electron chi connectivity index (χ0n) is 16.1. The number of ether oxygens (including phenoxy) is 1. The van der Waals surface area contributed by atoms with Crippen molar-refractivity contribution in [1.82, 2.24) is 5.32 Å². The second kappa shape index (κ2) is 9.80. The molecular weight excluding hydrogens is 411 g/mol. The summed E-state index contributed by atoms with van der Waals surface area (Å²) < 4.78 is 46.4. The summed E-state index contributed by atoms with van der Waals surface area (Å²) in [4.78, 5) is 23.8. The molecule has 0 radical (unpaired) electrons. The van der Waals surface area contributed by atoms with E-state index < -0.39 is 40.9 Å². The second-order valence-corrected chi connectivity index (χ2v) is 6.73. The summed E-state index contributed by atoms with van der Waals surface area (Å²) in [6.07, 6.45) is -0.159. The van der Waals surface area contributed by atoms with Gasteiger partial charge >= 0.3 is 5.97 Å². The Morgan fingerprint density at radius 1 is 0.903 bits per heavy atom. The van der Waals surface area contributed by atoms with Crippen molar-refractivity contribution in [2.24, 2.45) is 0 Å². The Hall–Kier alpha value is -3.81. The van der Waals surface area contributed by atoms with Gasteiger partial charge in [0.15, 0.2) is 0 Å². The number of nitrogens with one attached hydrogen (secondary N) is 1. The van der Waals surface area contributed by atoms with Crippen LogP contribution < -0.4 is 10.1 Å². The molecule has 3 aromatic rings. The summed E-state index contributed by atoms with van der Waals surface area (Å²) in [7, 11) is 0. The lowest BCUT2D eigenvalue weighted by atomic mass is 10.0. The highest BCUT2D eigenvalue weighted by Crippen LogP contribution is 2.18. The third kappa shape index (κ3) is 5.85. The lowest BCUT2D eigenvalue weighted by Gasteiger charge is -2.16. The molecule has 0 aromatic heterocycles. The largest absolute Gasteiger partial charge is 0.489 e. The van der Waals surface area contributed by atoms with Gasteiger partial charge in [0, 0.05) is 18.6 Å². The Labute approximate surface area is 176 Å². The lowest BCUT2D eigenvalue weighted by molar-refractivity contribution is -0.139. The quantitative estimate of drug-likeness (QED) is 0.565. The van der Waals surface area contributed by atoms with Crippen LogP contribution in [0.25, 0.3) is 0 Å². The van der Waals surface area contributed by atoms with Gasteiger partial charge in [0.2, 0.25) is 0 Å². The highest BCUT2D eigenvalue weighted by Gasteiger charge is 2.25. The average Bonchev–Trinajstić information content (AvgIpc) is 2.72. The summed E-state index contributed by atoms with van der Waals surface area (Å²) >= 11 is 0. The van der Waals surface area contributed by atoms with Gasteiger partial charge in [-0.25, -0.2) is 18.0 Å². The van der Waals surface area contributed by atoms with Gasteiger partial charge in [-0.1, -0.05) is 42.5 Å². The number of carbonyl (C=O) groups excluding carboxylic acids is 1. The van der Waals surface area contributed by atoms with Crippen molar-refractivity contribution in [3.8, 4) is 5.75 Å². The number of rotatable bonds is 8. The maximum atomic E-state index is 13.8. The van der Waals surface area contributed by atoms with Crippen LogP contribution in [0.15, 0.2) is 66.7 Å². The standard InChI is InChI=1S/C23H18F3NO4/c24-16-11-18(25)21(19(26)12-16)22(28)27-20(23(29)30)10-15-7-4-8-17(9-15)31-13-14-5-2-1-3-6-14/h1-9,11-12,20H,10,13H2,(H,27,28)(H,29,30)/t20-/m1/s1. The van der Waals surface area contributed by atoms with E-state index in [-0.39, 0.29) is 6.42 Å². The first-order chi connectivity index (χ1) is 14.8. The first kappa shape index (κ1) is 21.9. The summed E-state index contributed by atoms with van der Waals surface area (Å²) in [5, 5.41) is 11.5. The molecule has 0 bridgehead atoms. The molecule has 1 amide bonds. The van der Waals surface area contributed by atoms with Crippen molar-refractivity contribution in [2.45, 2.75) is 19.1 Å². The van der Waals surface area contributed by atoms with Crippen LogP contribution in [0.3, 0.4) is 0 Å². The molecule has 1 atom stereocenters. The minimum atomic E-state index is -1.47. The van der Waals surface area contributed by atoms with Crippen LogP contribution in [0, 0.1) is 17.5 Å². The number of hydrogen-bond donors (Lipinski definition) is 2. The third-order valence-electron chi connectivity index (χ3n) is 4.42. The molecule has 160 valence electrons. The molecule has 8 heteroatoms. The highest BCUT2D eigenvalue weighted by molar-refractivity contribution is 5.97. The van der Waals surface area contributed by atoms with Gasteiger partial charge in [-0.05, 0) is 23.3 Å². The zero-order valence-corrected chi connectivity index (χ0v) is 16.1.